The number of hydrogen-bond donors (Lipinski definition) is 2. The number of aliphatic hydroxyl groups is 1. The monoisotopic (exact) mass is 172 g/mol. The molecule has 3 unspecified atom stereocenters. The van der Waals surface area contributed by atoms with Gasteiger partial charge in [0.1, 0.15) is 0 Å². The Hall–Kier alpha value is -0.120. The van der Waals surface area contributed by atoms with Crippen molar-refractivity contribution in [2.24, 2.45) is 0 Å². The minimum atomic E-state index is -0.191. The molecule has 1 aliphatic heterocycles. The predicted octanol–water partition coefficient (Wildman–Crippen LogP) is 0.0494. The fourth-order valence-corrected chi connectivity index (χ4v) is 1.68. The first-order chi connectivity index (χ1) is 5.66. The first-order valence-electron chi connectivity index (χ1n) is 4.77. The van der Waals surface area contributed by atoms with Crippen molar-refractivity contribution in [1.29, 1.82) is 0 Å². The maximum absolute atomic E-state index is 9.60. The SMILES string of the molecule is CCC(C)N(C)C1CNCC1O. The van der Waals surface area contributed by atoms with Gasteiger partial charge in [0, 0.05) is 25.2 Å². The zero-order valence-corrected chi connectivity index (χ0v) is 8.25. The number of hydrogen-bond acceptors (Lipinski definition) is 3. The van der Waals surface area contributed by atoms with Gasteiger partial charge in [-0.15, -0.1) is 0 Å². The second-order valence-corrected chi connectivity index (χ2v) is 3.72. The third-order valence-electron chi connectivity index (χ3n) is 2.96. The van der Waals surface area contributed by atoms with Gasteiger partial charge in [0.15, 0.2) is 0 Å². The molecule has 12 heavy (non-hydrogen) atoms. The number of nitrogens with zero attached hydrogens (tertiary/aromatic N) is 1. The van der Waals surface area contributed by atoms with Crippen molar-refractivity contribution in [2.75, 3.05) is 20.1 Å². The lowest BCUT2D eigenvalue weighted by Gasteiger charge is -2.31. The molecule has 3 heteroatoms. The smallest absolute Gasteiger partial charge is 0.0831 e. The van der Waals surface area contributed by atoms with Crippen LogP contribution in [-0.4, -0.2) is 48.3 Å². The molecule has 0 aromatic heterocycles. The molecule has 1 saturated heterocycles. The van der Waals surface area contributed by atoms with Gasteiger partial charge in [-0.1, -0.05) is 6.92 Å². The van der Waals surface area contributed by atoms with E-state index < -0.39 is 0 Å². The quantitative estimate of drug-likeness (QED) is 0.631. The minimum absolute atomic E-state index is 0.191. The highest BCUT2D eigenvalue weighted by Gasteiger charge is 2.29. The average molecular weight is 172 g/mol. The van der Waals surface area contributed by atoms with Crippen molar-refractivity contribution in [3.63, 3.8) is 0 Å². The van der Waals surface area contributed by atoms with Crippen molar-refractivity contribution >= 4 is 0 Å². The molecular weight excluding hydrogens is 152 g/mol. The van der Waals surface area contributed by atoms with E-state index in [-0.39, 0.29) is 6.10 Å². The molecule has 72 valence electrons. The largest absolute Gasteiger partial charge is 0.390 e. The fraction of sp³-hybridized carbons (Fsp3) is 1.00. The Morgan fingerprint density at radius 1 is 1.58 bits per heavy atom. The summed E-state index contributed by atoms with van der Waals surface area (Å²) in [6.45, 7) is 6.04. The third kappa shape index (κ3) is 1.97. The van der Waals surface area contributed by atoms with Crippen LogP contribution >= 0.6 is 0 Å². The minimum Gasteiger partial charge on any atom is -0.390 e. The van der Waals surface area contributed by atoms with Crippen LogP contribution in [0.3, 0.4) is 0 Å². The van der Waals surface area contributed by atoms with Gasteiger partial charge >= 0.3 is 0 Å². The van der Waals surface area contributed by atoms with E-state index in [9.17, 15) is 5.11 Å². The molecule has 0 saturated carbocycles. The topological polar surface area (TPSA) is 35.5 Å². The Bertz CT molecular complexity index is 140. The number of likely N-dealkylation sites (N-methyl/N-ethyl adjacent to an activating group) is 1. The highest BCUT2D eigenvalue weighted by Crippen LogP contribution is 2.12. The van der Waals surface area contributed by atoms with Gasteiger partial charge in [0.05, 0.1) is 6.10 Å². The van der Waals surface area contributed by atoms with Crippen LogP contribution < -0.4 is 5.32 Å². The maximum atomic E-state index is 9.60. The number of β-amino-alcohol motifs (C(OH)–C–C–N with tert-alkyl or cyclic N) is 1. The van der Waals surface area contributed by atoms with E-state index >= 15 is 0 Å². The lowest BCUT2D eigenvalue weighted by Crippen LogP contribution is -2.45. The fourth-order valence-electron chi connectivity index (χ4n) is 1.68. The summed E-state index contributed by atoms with van der Waals surface area (Å²) in [6, 6.07) is 0.865. The van der Waals surface area contributed by atoms with Crippen LogP contribution in [0.4, 0.5) is 0 Å². The molecule has 1 fully saturated rings. The van der Waals surface area contributed by atoms with E-state index in [0.717, 1.165) is 19.5 Å². The lowest BCUT2D eigenvalue weighted by atomic mass is 10.1. The van der Waals surface area contributed by atoms with Gasteiger partial charge in [0.2, 0.25) is 0 Å². The first kappa shape index (κ1) is 9.96. The zero-order chi connectivity index (χ0) is 9.14. The second kappa shape index (κ2) is 4.21. The van der Waals surface area contributed by atoms with Crippen LogP contribution in [0.1, 0.15) is 20.3 Å². The van der Waals surface area contributed by atoms with E-state index in [2.05, 4.69) is 31.1 Å². The van der Waals surface area contributed by atoms with Crippen molar-refractivity contribution in [2.45, 2.75) is 38.5 Å². The van der Waals surface area contributed by atoms with Gasteiger partial charge in [-0.05, 0) is 20.4 Å². The maximum Gasteiger partial charge on any atom is 0.0831 e. The molecule has 1 heterocycles. The highest BCUT2D eigenvalue weighted by molar-refractivity contribution is 4.88. The number of rotatable bonds is 3. The molecule has 1 aliphatic rings. The molecule has 0 aromatic carbocycles. The van der Waals surface area contributed by atoms with Crippen molar-refractivity contribution < 1.29 is 5.11 Å². The second-order valence-electron chi connectivity index (χ2n) is 3.72. The predicted molar refractivity (Wildman–Crippen MR) is 50.2 cm³/mol. The van der Waals surface area contributed by atoms with Gasteiger partial charge in [-0.2, -0.15) is 0 Å². The van der Waals surface area contributed by atoms with Crippen molar-refractivity contribution in [1.82, 2.24) is 10.2 Å². The van der Waals surface area contributed by atoms with E-state index in [1.807, 2.05) is 0 Å². The van der Waals surface area contributed by atoms with Crippen LogP contribution in [0.5, 0.6) is 0 Å². The van der Waals surface area contributed by atoms with E-state index in [1.54, 1.807) is 0 Å². The van der Waals surface area contributed by atoms with Gasteiger partial charge < -0.3 is 10.4 Å². The summed E-state index contributed by atoms with van der Waals surface area (Å²) in [7, 11) is 2.09. The lowest BCUT2D eigenvalue weighted by molar-refractivity contribution is 0.0767. The highest BCUT2D eigenvalue weighted by atomic mass is 16.3. The number of nitrogens with one attached hydrogen (secondary N) is 1. The molecular formula is C9H20N2O. The van der Waals surface area contributed by atoms with Crippen molar-refractivity contribution in [3.05, 3.63) is 0 Å². The molecule has 0 amide bonds. The Morgan fingerprint density at radius 3 is 2.67 bits per heavy atom. The zero-order valence-electron chi connectivity index (χ0n) is 8.25. The third-order valence-corrected chi connectivity index (χ3v) is 2.96. The summed E-state index contributed by atoms with van der Waals surface area (Å²) in [4.78, 5) is 2.27. The molecule has 3 nitrogen and oxygen atoms in total. The molecule has 2 N–H and O–H groups in total. The molecule has 0 radical (unpaired) electrons. The van der Waals surface area contributed by atoms with E-state index in [4.69, 9.17) is 0 Å². The van der Waals surface area contributed by atoms with E-state index in [1.165, 1.54) is 0 Å². The Kier molecular flexibility index (Phi) is 3.50. The summed E-state index contributed by atoms with van der Waals surface area (Å²) in [5.41, 5.74) is 0. The first-order valence-corrected chi connectivity index (χ1v) is 4.77. The Labute approximate surface area is 74.8 Å². The molecule has 0 spiro atoms. The summed E-state index contributed by atoms with van der Waals surface area (Å²) >= 11 is 0. The molecule has 1 rings (SSSR count). The molecule has 0 aliphatic carbocycles. The van der Waals surface area contributed by atoms with Gasteiger partial charge in [0.25, 0.3) is 0 Å². The van der Waals surface area contributed by atoms with Crippen LogP contribution in [0.15, 0.2) is 0 Å². The van der Waals surface area contributed by atoms with Crippen LogP contribution in [-0.2, 0) is 0 Å². The van der Waals surface area contributed by atoms with Crippen molar-refractivity contribution in [3.8, 4) is 0 Å². The summed E-state index contributed by atoms with van der Waals surface area (Å²) in [5.74, 6) is 0. The van der Waals surface area contributed by atoms with E-state index in [0.29, 0.717) is 12.1 Å². The summed E-state index contributed by atoms with van der Waals surface area (Å²) in [6.07, 6.45) is 0.948. The standard InChI is InChI=1S/C9H20N2O/c1-4-7(2)11(3)8-5-10-6-9(8)12/h7-10,12H,4-6H2,1-3H3. The summed E-state index contributed by atoms with van der Waals surface area (Å²) < 4.78 is 0. The van der Waals surface area contributed by atoms with Crippen LogP contribution in [0, 0.1) is 0 Å². The summed E-state index contributed by atoms with van der Waals surface area (Å²) in [5, 5.41) is 12.8. The van der Waals surface area contributed by atoms with Gasteiger partial charge in [-0.25, -0.2) is 0 Å². The normalized spacial score (nSPS) is 32.8. The van der Waals surface area contributed by atoms with Crippen LogP contribution in [0.2, 0.25) is 0 Å². The Balaban J connectivity index is 2.45. The Morgan fingerprint density at radius 2 is 2.25 bits per heavy atom. The molecule has 0 bridgehead atoms. The number of aliphatic hydroxyl groups excluding tert-OH is 1. The molecule has 0 aromatic rings. The van der Waals surface area contributed by atoms with Crippen LogP contribution in [0.25, 0.3) is 0 Å². The van der Waals surface area contributed by atoms with Gasteiger partial charge in [-0.3, -0.25) is 4.90 Å². The average Bonchev–Trinajstić information content (AvgIpc) is 2.48. The molecule has 3 atom stereocenters.